The lowest BCUT2D eigenvalue weighted by molar-refractivity contribution is -0.0475. The Bertz CT molecular complexity index is 328. The third-order valence-corrected chi connectivity index (χ3v) is 3.04. The largest absolute Gasteiger partial charge is 0.389 e. The SMILES string of the molecule is CCCn1ccnc1CC1(O)CC(N)C1. The smallest absolute Gasteiger partial charge is 0.111 e. The monoisotopic (exact) mass is 209 g/mol. The Balaban J connectivity index is 2.01. The molecule has 0 bridgehead atoms. The first-order chi connectivity index (χ1) is 7.13. The zero-order valence-corrected chi connectivity index (χ0v) is 9.19. The highest BCUT2D eigenvalue weighted by Crippen LogP contribution is 2.33. The van der Waals surface area contributed by atoms with Crippen molar-refractivity contribution in [2.75, 3.05) is 0 Å². The molecule has 1 fully saturated rings. The summed E-state index contributed by atoms with van der Waals surface area (Å²) < 4.78 is 2.11. The molecule has 15 heavy (non-hydrogen) atoms. The van der Waals surface area contributed by atoms with Gasteiger partial charge in [-0.2, -0.15) is 0 Å². The Kier molecular flexibility index (Phi) is 2.80. The molecule has 0 aromatic carbocycles. The highest BCUT2D eigenvalue weighted by atomic mass is 16.3. The van der Waals surface area contributed by atoms with Crippen LogP contribution >= 0.6 is 0 Å². The van der Waals surface area contributed by atoms with E-state index in [9.17, 15) is 5.11 Å². The molecule has 4 heteroatoms. The Hall–Kier alpha value is -0.870. The Morgan fingerprint density at radius 2 is 2.40 bits per heavy atom. The third-order valence-electron chi connectivity index (χ3n) is 3.04. The Labute approximate surface area is 90.1 Å². The summed E-state index contributed by atoms with van der Waals surface area (Å²) in [7, 11) is 0. The van der Waals surface area contributed by atoms with Crippen LogP contribution in [0.25, 0.3) is 0 Å². The van der Waals surface area contributed by atoms with E-state index in [0.29, 0.717) is 19.3 Å². The van der Waals surface area contributed by atoms with Gasteiger partial charge in [-0.15, -0.1) is 0 Å². The summed E-state index contributed by atoms with van der Waals surface area (Å²) in [4.78, 5) is 4.29. The first-order valence-corrected chi connectivity index (χ1v) is 5.61. The van der Waals surface area contributed by atoms with E-state index in [1.54, 1.807) is 6.20 Å². The third kappa shape index (κ3) is 2.21. The molecule has 0 atom stereocenters. The normalized spacial score (nSPS) is 30.2. The minimum Gasteiger partial charge on any atom is -0.389 e. The summed E-state index contributed by atoms with van der Waals surface area (Å²) >= 11 is 0. The van der Waals surface area contributed by atoms with E-state index in [2.05, 4.69) is 16.5 Å². The van der Waals surface area contributed by atoms with Crippen LogP contribution in [0.2, 0.25) is 0 Å². The number of hydrogen-bond donors (Lipinski definition) is 2. The molecule has 1 heterocycles. The van der Waals surface area contributed by atoms with Crippen LogP contribution in [0.4, 0.5) is 0 Å². The van der Waals surface area contributed by atoms with Crippen LogP contribution in [0.5, 0.6) is 0 Å². The maximum atomic E-state index is 10.1. The second-order valence-corrected chi connectivity index (χ2v) is 4.61. The summed E-state index contributed by atoms with van der Waals surface area (Å²) in [6.07, 6.45) is 6.89. The van der Waals surface area contributed by atoms with Crippen LogP contribution in [0.1, 0.15) is 32.0 Å². The lowest BCUT2D eigenvalue weighted by Gasteiger charge is -2.41. The van der Waals surface area contributed by atoms with E-state index >= 15 is 0 Å². The zero-order valence-electron chi connectivity index (χ0n) is 9.19. The van der Waals surface area contributed by atoms with Gasteiger partial charge >= 0.3 is 0 Å². The number of aliphatic hydroxyl groups is 1. The van der Waals surface area contributed by atoms with Gasteiger partial charge in [-0.1, -0.05) is 6.92 Å². The number of nitrogens with two attached hydrogens (primary N) is 1. The molecular formula is C11H19N3O. The number of aromatic nitrogens is 2. The number of rotatable bonds is 4. The lowest BCUT2D eigenvalue weighted by atomic mass is 9.74. The molecule has 3 N–H and O–H groups in total. The molecule has 0 unspecified atom stereocenters. The van der Waals surface area contributed by atoms with E-state index in [4.69, 9.17) is 5.73 Å². The van der Waals surface area contributed by atoms with Gasteiger partial charge in [0.15, 0.2) is 0 Å². The van der Waals surface area contributed by atoms with E-state index in [1.165, 1.54) is 0 Å². The van der Waals surface area contributed by atoms with Crippen molar-refractivity contribution in [3.8, 4) is 0 Å². The molecule has 0 radical (unpaired) electrons. The lowest BCUT2D eigenvalue weighted by Crippen LogP contribution is -2.53. The van der Waals surface area contributed by atoms with Gasteiger partial charge in [0.05, 0.1) is 5.60 Å². The van der Waals surface area contributed by atoms with Crippen molar-refractivity contribution >= 4 is 0 Å². The molecule has 0 aliphatic heterocycles. The van der Waals surface area contributed by atoms with Crippen LogP contribution in [-0.2, 0) is 13.0 Å². The second-order valence-electron chi connectivity index (χ2n) is 4.61. The summed E-state index contributed by atoms with van der Waals surface area (Å²) in [5.74, 6) is 0.978. The average Bonchev–Trinajstić information content (AvgIpc) is 2.51. The van der Waals surface area contributed by atoms with Gasteiger partial charge in [-0.25, -0.2) is 4.98 Å². The summed E-state index contributed by atoms with van der Waals surface area (Å²) in [5, 5.41) is 10.1. The van der Waals surface area contributed by atoms with Crippen molar-refractivity contribution in [1.29, 1.82) is 0 Å². The molecule has 2 rings (SSSR count). The fourth-order valence-corrected chi connectivity index (χ4v) is 2.31. The maximum absolute atomic E-state index is 10.1. The minimum atomic E-state index is -0.601. The quantitative estimate of drug-likeness (QED) is 0.766. The van der Waals surface area contributed by atoms with Crippen LogP contribution in [-0.4, -0.2) is 26.3 Å². The van der Waals surface area contributed by atoms with Crippen molar-refractivity contribution in [1.82, 2.24) is 9.55 Å². The number of aryl methyl sites for hydroxylation is 1. The van der Waals surface area contributed by atoms with Crippen LogP contribution in [0.3, 0.4) is 0 Å². The van der Waals surface area contributed by atoms with Gasteiger partial charge < -0.3 is 15.4 Å². The van der Waals surface area contributed by atoms with E-state index < -0.39 is 5.60 Å². The topological polar surface area (TPSA) is 64.1 Å². The standard InChI is InChI=1S/C11H19N3O/c1-2-4-14-5-3-13-10(14)8-11(15)6-9(12)7-11/h3,5,9,15H,2,4,6-8,12H2,1H3. The van der Waals surface area contributed by atoms with Crippen molar-refractivity contribution in [3.63, 3.8) is 0 Å². The molecule has 1 saturated carbocycles. The molecule has 4 nitrogen and oxygen atoms in total. The van der Waals surface area contributed by atoms with Gasteiger partial charge in [0.2, 0.25) is 0 Å². The molecule has 0 saturated heterocycles. The minimum absolute atomic E-state index is 0.171. The predicted octanol–water partition coefficient (Wildman–Crippen LogP) is 0.688. The molecule has 84 valence electrons. The highest BCUT2D eigenvalue weighted by molar-refractivity contribution is 5.05. The summed E-state index contributed by atoms with van der Waals surface area (Å²) in [6.45, 7) is 3.11. The second kappa shape index (κ2) is 3.94. The highest BCUT2D eigenvalue weighted by Gasteiger charge is 2.41. The predicted molar refractivity (Wildman–Crippen MR) is 58.4 cm³/mol. The maximum Gasteiger partial charge on any atom is 0.111 e. The fourth-order valence-electron chi connectivity index (χ4n) is 2.31. The van der Waals surface area contributed by atoms with Gasteiger partial charge in [-0.3, -0.25) is 0 Å². The molecule has 1 aromatic heterocycles. The molecule has 1 aliphatic rings. The van der Waals surface area contributed by atoms with Crippen molar-refractivity contribution < 1.29 is 5.11 Å². The Morgan fingerprint density at radius 3 is 3.00 bits per heavy atom. The first kappa shape index (κ1) is 10.6. The summed E-state index contributed by atoms with van der Waals surface area (Å²) in [5.41, 5.74) is 5.09. The van der Waals surface area contributed by atoms with Crippen molar-refractivity contribution in [3.05, 3.63) is 18.2 Å². The molecule has 0 spiro atoms. The van der Waals surface area contributed by atoms with E-state index in [0.717, 1.165) is 18.8 Å². The van der Waals surface area contributed by atoms with Crippen molar-refractivity contribution in [2.24, 2.45) is 5.73 Å². The van der Waals surface area contributed by atoms with Gasteiger partial charge in [0.1, 0.15) is 5.82 Å². The molecular weight excluding hydrogens is 190 g/mol. The molecule has 1 aliphatic carbocycles. The first-order valence-electron chi connectivity index (χ1n) is 5.61. The average molecular weight is 209 g/mol. The summed E-state index contributed by atoms with van der Waals surface area (Å²) in [6, 6.07) is 0.171. The van der Waals surface area contributed by atoms with Crippen LogP contribution < -0.4 is 5.73 Å². The van der Waals surface area contributed by atoms with Gasteiger partial charge in [0.25, 0.3) is 0 Å². The van der Waals surface area contributed by atoms with Crippen LogP contribution in [0, 0.1) is 0 Å². The van der Waals surface area contributed by atoms with Gasteiger partial charge in [0, 0.05) is 31.4 Å². The molecule has 1 aromatic rings. The van der Waals surface area contributed by atoms with Gasteiger partial charge in [-0.05, 0) is 19.3 Å². The number of imidazole rings is 1. The van der Waals surface area contributed by atoms with Crippen LogP contribution in [0.15, 0.2) is 12.4 Å². The zero-order chi connectivity index (χ0) is 10.9. The van der Waals surface area contributed by atoms with E-state index in [1.807, 2.05) is 6.20 Å². The Morgan fingerprint density at radius 1 is 1.67 bits per heavy atom. The fraction of sp³-hybridized carbons (Fsp3) is 0.727. The number of hydrogen-bond acceptors (Lipinski definition) is 3. The molecule has 0 amide bonds. The number of nitrogens with zero attached hydrogens (tertiary/aromatic N) is 2. The van der Waals surface area contributed by atoms with Crippen molar-refractivity contribution in [2.45, 2.75) is 50.8 Å². The van der Waals surface area contributed by atoms with E-state index in [-0.39, 0.29) is 6.04 Å².